The fourth-order valence-electron chi connectivity index (χ4n) is 3.52. The smallest absolute Gasteiger partial charge is 0.168 e. The molecule has 1 aliphatic carbocycles. The van der Waals surface area contributed by atoms with E-state index in [1.165, 1.54) is 6.20 Å². The minimum atomic E-state index is -1.10. The number of imidazole rings is 1. The van der Waals surface area contributed by atoms with Crippen LogP contribution < -0.4 is 5.32 Å². The summed E-state index contributed by atoms with van der Waals surface area (Å²) in [5, 5.41) is 13.0. The van der Waals surface area contributed by atoms with E-state index < -0.39 is 29.4 Å². The Hall–Kier alpha value is -2.61. The highest BCUT2D eigenvalue weighted by molar-refractivity contribution is 5.63. The first-order valence-electron chi connectivity index (χ1n) is 9.21. The summed E-state index contributed by atoms with van der Waals surface area (Å²) in [6.07, 6.45) is 3.69. The van der Waals surface area contributed by atoms with Gasteiger partial charge < -0.3 is 10.4 Å². The predicted molar refractivity (Wildman–Crippen MR) is 99.7 cm³/mol. The zero-order valence-electron chi connectivity index (χ0n) is 15.6. The first kappa shape index (κ1) is 18.7. The van der Waals surface area contributed by atoms with Crippen LogP contribution in [0.25, 0.3) is 17.0 Å². The Bertz CT molecular complexity index is 1030. The lowest BCUT2D eigenvalue weighted by atomic mass is 10.0. The van der Waals surface area contributed by atoms with Gasteiger partial charge in [0.05, 0.1) is 23.5 Å². The molecular weight excluding hydrogens is 369 g/mol. The van der Waals surface area contributed by atoms with Gasteiger partial charge in [-0.3, -0.25) is 4.40 Å². The van der Waals surface area contributed by atoms with Crippen LogP contribution in [-0.2, 0) is 5.60 Å². The molecule has 0 saturated heterocycles. The molecule has 0 amide bonds. The molecule has 0 unspecified atom stereocenters. The van der Waals surface area contributed by atoms with Crippen LogP contribution in [0.3, 0.4) is 0 Å². The zero-order valence-corrected chi connectivity index (χ0v) is 15.6. The number of nitrogens with one attached hydrogen (secondary N) is 1. The number of aromatic nitrogens is 3. The first-order valence-corrected chi connectivity index (χ1v) is 9.21. The van der Waals surface area contributed by atoms with Crippen molar-refractivity contribution in [3.8, 4) is 11.4 Å². The summed E-state index contributed by atoms with van der Waals surface area (Å²) in [5.41, 5.74) is 0.243. The van der Waals surface area contributed by atoms with E-state index in [0.29, 0.717) is 36.2 Å². The Morgan fingerprint density at radius 3 is 2.68 bits per heavy atom. The van der Waals surface area contributed by atoms with Crippen molar-refractivity contribution in [3.63, 3.8) is 0 Å². The van der Waals surface area contributed by atoms with Crippen molar-refractivity contribution in [2.75, 3.05) is 5.32 Å². The maximum absolute atomic E-state index is 14.6. The van der Waals surface area contributed by atoms with E-state index in [1.807, 2.05) is 0 Å². The summed E-state index contributed by atoms with van der Waals surface area (Å²) in [4.78, 5) is 8.33. The molecule has 0 bridgehead atoms. The Labute approximate surface area is 160 Å². The van der Waals surface area contributed by atoms with Crippen molar-refractivity contribution in [1.29, 1.82) is 0 Å². The van der Waals surface area contributed by atoms with Gasteiger partial charge in [-0.15, -0.1) is 0 Å². The lowest BCUT2D eigenvalue weighted by Crippen LogP contribution is -2.26. The molecule has 2 atom stereocenters. The first-order chi connectivity index (χ1) is 13.2. The second kappa shape index (κ2) is 6.77. The molecule has 1 fully saturated rings. The lowest BCUT2D eigenvalue weighted by Gasteiger charge is -2.18. The van der Waals surface area contributed by atoms with Gasteiger partial charge in [0.25, 0.3) is 0 Å². The molecule has 3 aromatic rings. The summed E-state index contributed by atoms with van der Waals surface area (Å²) >= 11 is 0. The van der Waals surface area contributed by atoms with Crippen molar-refractivity contribution in [2.24, 2.45) is 0 Å². The average molecular weight is 390 g/mol. The molecule has 1 saturated carbocycles. The van der Waals surface area contributed by atoms with Gasteiger partial charge in [-0.05, 0) is 44.7 Å². The Kier molecular flexibility index (Phi) is 4.53. The van der Waals surface area contributed by atoms with Crippen LogP contribution in [0.5, 0.6) is 0 Å². The van der Waals surface area contributed by atoms with Gasteiger partial charge in [0.15, 0.2) is 17.5 Å². The van der Waals surface area contributed by atoms with E-state index in [9.17, 15) is 18.3 Å². The highest BCUT2D eigenvalue weighted by Crippen LogP contribution is 2.30. The number of anilines is 1. The summed E-state index contributed by atoms with van der Waals surface area (Å²) in [6, 6.07) is 3.63. The largest absolute Gasteiger partial charge is 0.386 e. The normalized spacial score (nSPS) is 20.1. The maximum atomic E-state index is 14.6. The van der Waals surface area contributed by atoms with Crippen molar-refractivity contribution in [1.82, 2.24) is 14.4 Å². The van der Waals surface area contributed by atoms with Crippen LogP contribution >= 0.6 is 0 Å². The maximum Gasteiger partial charge on any atom is 0.168 e. The number of alkyl halides is 1. The second-order valence-corrected chi connectivity index (χ2v) is 7.70. The topological polar surface area (TPSA) is 62.5 Å². The van der Waals surface area contributed by atoms with Gasteiger partial charge in [-0.25, -0.2) is 23.1 Å². The van der Waals surface area contributed by atoms with Crippen LogP contribution in [0.15, 0.2) is 30.6 Å². The number of nitrogens with zero attached hydrogens (tertiary/aromatic N) is 3. The van der Waals surface area contributed by atoms with E-state index in [4.69, 9.17) is 0 Å². The summed E-state index contributed by atoms with van der Waals surface area (Å²) in [5.74, 6) is -1.90. The number of hydrogen-bond acceptors (Lipinski definition) is 4. The van der Waals surface area contributed by atoms with E-state index in [0.717, 1.165) is 6.07 Å². The molecule has 5 nitrogen and oxygen atoms in total. The summed E-state index contributed by atoms with van der Waals surface area (Å²) in [7, 11) is 0. The Balaban J connectivity index is 1.79. The van der Waals surface area contributed by atoms with Gasteiger partial charge >= 0.3 is 0 Å². The fraction of sp³-hybridized carbons (Fsp3) is 0.400. The molecule has 0 aliphatic heterocycles. The van der Waals surface area contributed by atoms with Gasteiger partial charge in [-0.2, -0.15) is 0 Å². The number of aliphatic hydroxyl groups is 1. The number of fused-ring (bicyclic) bond motifs is 1. The predicted octanol–water partition coefficient (Wildman–Crippen LogP) is 4.20. The van der Waals surface area contributed by atoms with Crippen molar-refractivity contribution in [3.05, 3.63) is 47.8 Å². The molecule has 0 aromatic carbocycles. The van der Waals surface area contributed by atoms with Gasteiger partial charge in [0.1, 0.15) is 17.5 Å². The number of halogens is 3. The SMILES string of the molecule is CC(C)(O)c1ccc2ncc(-c3nc(N[C@H]4CCC[C@@H]4F)c(F)cc3F)n2c1. The third kappa shape index (κ3) is 3.32. The van der Waals surface area contributed by atoms with E-state index in [1.54, 1.807) is 36.6 Å². The molecule has 3 heterocycles. The van der Waals surface area contributed by atoms with Crippen LogP contribution in [0.1, 0.15) is 38.7 Å². The number of rotatable bonds is 4. The highest BCUT2D eigenvalue weighted by Gasteiger charge is 2.28. The Morgan fingerprint density at radius 2 is 2.00 bits per heavy atom. The monoisotopic (exact) mass is 390 g/mol. The fourth-order valence-corrected chi connectivity index (χ4v) is 3.52. The number of hydrogen-bond donors (Lipinski definition) is 2. The average Bonchev–Trinajstić information content (AvgIpc) is 3.22. The molecule has 0 radical (unpaired) electrons. The standard InChI is InChI=1S/C20H21F3N4O/c1-20(2,28)11-6-7-17-24-9-16(27(17)10-11)18-13(22)8-14(23)19(26-18)25-15-5-3-4-12(15)21/h6-10,12,15,28H,3-5H2,1-2H3,(H,25,26)/t12-,15-/m0/s1. The highest BCUT2D eigenvalue weighted by atomic mass is 19.1. The van der Waals surface area contributed by atoms with Crippen LogP contribution in [0, 0.1) is 11.6 Å². The summed E-state index contributed by atoms with van der Waals surface area (Å²) in [6.45, 7) is 3.27. The molecule has 1 aliphatic rings. The third-order valence-corrected chi connectivity index (χ3v) is 5.14. The quantitative estimate of drug-likeness (QED) is 0.701. The minimum Gasteiger partial charge on any atom is -0.386 e. The molecule has 0 spiro atoms. The van der Waals surface area contributed by atoms with E-state index >= 15 is 0 Å². The molecule has 2 N–H and O–H groups in total. The van der Waals surface area contributed by atoms with Gasteiger partial charge in [0.2, 0.25) is 0 Å². The molecule has 8 heteroatoms. The van der Waals surface area contributed by atoms with Crippen LogP contribution in [0.4, 0.5) is 19.0 Å². The van der Waals surface area contributed by atoms with E-state index in [2.05, 4.69) is 15.3 Å². The molecule has 3 aromatic heterocycles. The molecule has 148 valence electrons. The van der Waals surface area contributed by atoms with Crippen LogP contribution in [0.2, 0.25) is 0 Å². The molecule has 4 rings (SSSR count). The molecule has 28 heavy (non-hydrogen) atoms. The lowest BCUT2D eigenvalue weighted by molar-refractivity contribution is 0.0781. The van der Waals surface area contributed by atoms with Gasteiger partial charge in [-0.1, -0.05) is 6.07 Å². The van der Waals surface area contributed by atoms with Crippen LogP contribution in [-0.4, -0.2) is 31.7 Å². The van der Waals surface area contributed by atoms with E-state index in [-0.39, 0.29) is 11.5 Å². The zero-order chi connectivity index (χ0) is 20.1. The van der Waals surface area contributed by atoms with Crippen molar-refractivity contribution < 1.29 is 18.3 Å². The second-order valence-electron chi connectivity index (χ2n) is 7.70. The minimum absolute atomic E-state index is 0.0994. The molecular formula is C20H21F3N4O. The number of pyridine rings is 2. The van der Waals surface area contributed by atoms with Crippen molar-refractivity contribution >= 4 is 11.5 Å². The van der Waals surface area contributed by atoms with Crippen molar-refractivity contribution in [2.45, 2.75) is 50.9 Å². The summed E-state index contributed by atoms with van der Waals surface area (Å²) < 4.78 is 44.3. The van der Waals surface area contributed by atoms with Gasteiger partial charge in [0, 0.05) is 12.3 Å². The third-order valence-electron chi connectivity index (χ3n) is 5.14. The Morgan fingerprint density at radius 1 is 1.21 bits per heavy atom.